The smallest absolute Gasteiger partial charge is 0.255 e. The third-order valence-corrected chi connectivity index (χ3v) is 2.58. The van der Waals surface area contributed by atoms with Crippen molar-refractivity contribution in [2.24, 2.45) is 0 Å². The second-order valence-electron chi connectivity index (χ2n) is 4.01. The van der Waals surface area contributed by atoms with E-state index in [1.54, 1.807) is 48.5 Å². The molecule has 2 N–H and O–H groups in total. The molecule has 0 aliphatic rings. The van der Waals surface area contributed by atoms with Gasteiger partial charge in [0.25, 0.3) is 11.8 Å². The van der Waals surface area contributed by atoms with E-state index in [4.69, 9.17) is 0 Å². The van der Waals surface area contributed by atoms with Gasteiger partial charge in [0.2, 0.25) is 0 Å². The molecule has 2 amide bonds. The van der Waals surface area contributed by atoms with Crippen LogP contribution < -0.4 is 10.6 Å². The fourth-order valence-corrected chi connectivity index (χ4v) is 1.58. The molecule has 0 aliphatic carbocycles. The van der Waals surface area contributed by atoms with E-state index in [1.165, 1.54) is 12.4 Å². The number of nitrogens with one attached hydrogen (secondary N) is 2. The maximum Gasteiger partial charge on any atom is 0.255 e. The number of hydrogen-bond donors (Lipinski definition) is 2. The van der Waals surface area contributed by atoms with E-state index in [2.05, 4.69) is 10.6 Å². The van der Waals surface area contributed by atoms with Gasteiger partial charge in [-0.1, -0.05) is 36.4 Å². The van der Waals surface area contributed by atoms with Crippen LogP contribution in [0, 0.1) is 0 Å². The Hall–Kier alpha value is -2.88. The highest BCUT2D eigenvalue weighted by Crippen LogP contribution is 1.98. The summed E-state index contributed by atoms with van der Waals surface area (Å²) in [7, 11) is 0. The SMILES string of the molecule is O=C(NC=CNC(=O)c1ccccc1)c1ccccc1. The van der Waals surface area contributed by atoms with Crippen molar-refractivity contribution in [1.82, 2.24) is 10.6 Å². The predicted octanol–water partition coefficient (Wildman–Crippen LogP) is 2.32. The number of hydrogen-bond acceptors (Lipinski definition) is 2. The zero-order valence-corrected chi connectivity index (χ0v) is 10.7. The molecule has 0 saturated carbocycles. The van der Waals surface area contributed by atoms with E-state index in [0.717, 1.165) is 0 Å². The molecule has 2 rings (SSSR count). The highest BCUT2D eigenvalue weighted by Gasteiger charge is 2.02. The summed E-state index contributed by atoms with van der Waals surface area (Å²) in [5, 5.41) is 5.14. The molecule has 4 nitrogen and oxygen atoms in total. The summed E-state index contributed by atoms with van der Waals surface area (Å²) in [6, 6.07) is 17.7. The van der Waals surface area contributed by atoms with Crippen molar-refractivity contribution in [1.29, 1.82) is 0 Å². The maximum atomic E-state index is 11.7. The second kappa shape index (κ2) is 6.89. The lowest BCUT2D eigenvalue weighted by molar-refractivity contribution is 0.0956. The molecular formula is C16H14N2O2. The van der Waals surface area contributed by atoms with Crippen molar-refractivity contribution in [3.8, 4) is 0 Å². The number of rotatable bonds is 4. The standard InChI is InChI=1S/C16H14N2O2/c19-15(13-7-3-1-4-8-13)17-11-12-18-16(20)14-9-5-2-6-10-14/h1-12H,(H,17,19)(H,18,20). The third-order valence-electron chi connectivity index (χ3n) is 2.58. The summed E-state index contributed by atoms with van der Waals surface area (Å²) < 4.78 is 0. The van der Waals surface area contributed by atoms with E-state index in [1.807, 2.05) is 12.1 Å². The Kier molecular flexibility index (Phi) is 4.67. The fourth-order valence-electron chi connectivity index (χ4n) is 1.58. The van der Waals surface area contributed by atoms with E-state index in [0.29, 0.717) is 11.1 Å². The normalized spacial score (nSPS) is 10.2. The van der Waals surface area contributed by atoms with Crippen LogP contribution in [-0.4, -0.2) is 11.8 Å². The Morgan fingerprint density at radius 2 is 1.00 bits per heavy atom. The quantitative estimate of drug-likeness (QED) is 0.892. The Morgan fingerprint density at radius 3 is 1.35 bits per heavy atom. The molecule has 2 aromatic rings. The average Bonchev–Trinajstić information content (AvgIpc) is 2.53. The van der Waals surface area contributed by atoms with Gasteiger partial charge in [0.05, 0.1) is 0 Å². The van der Waals surface area contributed by atoms with Gasteiger partial charge < -0.3 is 10.6 Å². The lowest BCUT2D eigenvalue weighted by Gasteiger charge is -2.01. The minimum absolute atomic E-state index is 0.226. The van der Waals surface area contributed by atoms with E-state index < -0.39 is 0 Å². The Bertz CT molecular complexity index is 551. The molecule has 2 aromatic carbocycles. The first-order valence-corrected chi connectivity index (χ1v) is 6.14. The van der Waals surface area contributed by atoms with Crippen LogP contribution in [0.25, 0.3) is 0 Å². The van der Waals surface area contributed by atoms with Crippen LogP contribution in [0.3, 0.4) is 0 Å². The molecule has 0 radical (unpaired) electrons. The third kappa shape index (κ3) is 3.81. The molecule has 0 aliphatic heterocycles. The average molecular weight is 266 g/mol. The van der Waals surface area contributed by atoms with Crippen molar-refractivity contribution in [2.45, 2.75) is 0 Å². The van der Waals surface area contributed by atoms with Crippen molar-refractivity contribution in [2.75, 3.05) is 0 Å². The first-order chi connectivity index (χ1) is 9.77. The van der Waals surface area contributed by atoms with Gasteiger partial charge in [-0.05, 0) is 24.3 Å². The summed E-state index contributed by atoms with van der Waals surface area (Å²) in [5.41, 5.74) is 1.12. The topological polar surface area (TPSA) is 58.2 Å². The molecule has 4 heteroatoms. The molecule has 0 saturated heterocycles. The first kappa shape index (κ1) is 13.5. The molecule has 0 spiro atoms. The highest BCUT2D eigenvalue weighted by atomic mass is 16.2. The van der Waals surface area contributed by atoms with Crippen molar-refractivity contribution < 1.29 is 9.59 Å². The van der Waals surface area contributed by atoms with Crippen LogP contribution in [0.5, 0.6) is 0 Å². The van der Waals surface area contributed by atoms with Gasteiger partial charge in [-0.2, -0.15) is 0 Å². The lowest BCUT2D eigenvalue weighted by atomic mass is 10.2. The van der Waals surface area contributed by atoms with Crippen LogP contribution >= 0.6 is 0 Å². The molecule has 100 valence electrons. The van der Waals surface area contributed by atoms with Crippen molar-refractivity contribution >= 4 is 11.8 Å². The van der Waals surface area contributed by atoms with Gasteiger partial charge in [-0.3, -0.25) is 9.59 Å². The maximum absolute atomic E-state index is 11.7. The van der Waals surface area contributed by atoms with Crippen molar-refractivity contribution in [3.63, 3.8) is 0 Å². The molecule has 0 bridgehead atoms. The molecule has 20 heavy (non-hydrogen) atoms. The van der Waals surface area contributed by atoms with Crippen molar-refractivity contribution in [3.05, 3.63) is 84.2 Å². The molecule has 0 heterocycles. The zero-order chi connectivity index (χ0) is 14.2. The summed E-state index contributed by atoms with van der Waals surface area (Å²) in [6.07, 6.45) is 2.80. The van der Waals surface area contributed by atoms with Crippen LogP contribution in [-0.2, 0) is 0 Å². The molecule has 0 unspecified atom stereocenters. The molecule has 0 fully saturated rings. The van der Waals surface area contributed by atoms with Gasteiger partial charge in [-0.25, -0.2) is 0 Å². The number of benzene rings is 2. The van der Waals surface area contributed by atoms with Gasteiger partial charge in [-0.15, -0.1) is 0 Å². The second-order valence-corrected chi connectivity index (χ2v) is 4.01. The Balaban J connectivity index is 1.83. The van der Waals surface area contributed by atoms with Gasteiger partial charge >= 0.3 is 0 Å². The lowest BCUT2D eigenvalue weighted by Crippen LogP contribution is -2.21. The number of amides is 2. The van der Waals surface area contributed by atoms with E-state index in [9.17, 15) is 9.59 Å². The van der Waals surface area contributed by atoms with Gasteiger partial charge in [0.1, 0.15) is 0 Å². The fraction of sp³-hybridized carbons (Fsp3) is 0. The van der Waals surface area contributed by atoms with Gasteiger partial charge in [0, 0.05) is 23.5 Å². The molecule has 0 aromatic heterocycles. The number of carbonyl (C=O) groups excluding carboxylic acids is 2. The van der Waals surface area contributed by atoms with E-state index in [-0.39, 0.29) is 11.8 Å². The van der Waals surface area contributed by atoms with Crippen LogP contribution in [0.1, 0.15) is 20.7 Å². The minimum atomic E-state index is -0.226. The first-order valence-electron chi connectivity index (χ1n) is 6.14. The minimum Gasteiger partial charge on any atom is -0.327 e. The summed E-state index contributed by atoms with van der Waals surface area (Å²) >= 11 is 0. The van der Waals surface area contributed by atoms with Crippen LogP contribution in [0.2, 0.25) is 0 Å². The molecule has 0 atom stereocenters. The van der Waals surface area contributed by atoms with Gasteiger partial charge in [0.15, 0.2) is 0 Å². The Morgan fingerprint density at radius 1 is 0.650 bits per heavy atom. The monoisotopic (exact) mass is 266 g/mol. The van der Waals surface area contributed by atoms with Crippen LogP contribution in [0.15, 0.2) is 73.1 Å². The highest BCUT2D eigenvalue weighted by molar-refractivity contribution is 5.95. The number of carbonyl (C=O) groups is 2. The zero-order valence-electron chi connectivity index (χ0n) is 10.7. The van der Waals surface area contributed by atoms with E-state index >= 15 is 0 Å². The molecular weight excluding hydrogens is 252 g/mol. The summed E-state index contributed by atoms with van der Waals surface area (Å²) in [5.74, 6) is -0.452. The largest absolute Gasteiger partial charge is 0.327 e. The van der Waals surface area contributed by atoms with Crippen LogP contribution in [0.4, 0.5) is 0 Å². The summed E-state index contributed by atoms with van der Waals surface area (Å²) in [6.45, 7) is 0. The Labute approximate surface area is 117 Å². The predicted molar refractivity (Wildman–Crippen MR) is 77.0 cm³/mol. The summed E-state index contributed by atoms with van der Waals surface area (Å²) in [4.78, 5) is 23.4.